The molecule has 1 amide bonds. The van der Waals surface area contributed by atoms with Crippen molar-refractivity contribution in [1.82, 2.24) is 0 Å². The molecule has 1 heterocycles. The average Bonchev–Trinajstić information content (AvgIpc) is 3.11. The summed E-state index contributed by atoms with van der Waals surface area (Å²) in [7, 11) is 0. The summed E-state index contributed by atoms with van der Waals surface area (Å²) in [5.41, 5.74) is 3.14. The van der Waals surface area contributed by atoms with Crippen molar-refractivity contribution in [1.29, 1.82) is 0 Å². The van der Waals surface area contributed by atoms with E-state index in [2.05, 4.69) is 23.2 Å². The summed E-state index contributed by atoms with van der Waals surface area (Å²) in [4.78, 5) is 15.1. The third-order valence-electron chi connectivity index (χ3n) is 4.54. The molecule has 0 aromatic heterocycles. The summed E-state index contributed by atoms with van der Waals surface area (Å²) in [6.45, 7) is 4.20. The molecule has 0 bridgehead atoms. The van der Waals surface area contributed by atoms with Gasteiger partial charge in [0.1, 0.15) is 0 Å². The van der Waals surface area contributed by atoms with Crippen LogP contribution < -0.4 is 10.2 Å². The topological polar surface area (TPSA) is 32.3 Å². The SMILES string of the molecule is CC[C@@H](C(=O)Nc1ccccc1N1CCCC1)c1ccccc1. The maximum Gasteiger partial charge on any atom is 0.231 e. The molecule has 3 heteroatoms. The first kappa shape index (κ1) is 15.6. The molecule has 2 aromatic rings. The number of hydrogen-bond donors (Lipinski definition) is 1. The van der Waals surface area contributed by atoms with Gasteiger partial charge in [0.2, 0.25) is 5.91 Å². The molecule has 120 valence electrons. The fourth-order valence-electron chi connectivity index (χ4n) is 3.29. The highest BCUT2D eigenvalue weighted by atomic mass is 16.1. The van der Waals surface area contributed by atoms with Crippen molar-refractivity contribution in [2.75, 3.05) is 23.3 Å². The van der Waals surface area contributed by atoms with Gasteiger partial charge in [-0.2, -0.15) is 0 Å². The minimum Gasteiger partial charge on any atom is -0.370 e. The van der Waals surface area contributed by atoms with E-state index in [0.717, 1.165) is 36.4 Å². The van der Waals surface area contributed by atoms with E-state index >= 15 is 0 Å². The summed E-state index contributed by atoms with van der Waals surface area (Å²) in [6.07, 6.45) is 3.25. The largest absolute Gasteiger partial charge is 0.370 e. The molecule has 2 aromatic carbocycles. The quantitative estimate of drug-likeness (QED) is 0.887. The van der Waals surface area contributed by atoms with Crippen LogP contribution in [0.25, 0.3) is 0 Å². The maximum absolute atomic E-state index is 12.8. The Bertz CT molecular complexity index is 648. The van der Waals surface area contributed by atoms with Crippen LogP contribution in [0.15, 0.2) is 54.6 Å². The van der Waals surface area contributed by atoms with Crippen molar-refractivity contribution in [3.63, 3.8) is 0 Å². The Morgan fingerprint density at radius 1 is 1.04 bits per heavy atom. The number of carbonyl (C=O) groups is 1. The van der Waals surface area contributed by atoms with E-state index in [1.165, 1.54) is 12.8 Å². The minimum absolute atomic E-state index is 0.0744. The smallest absolute Gasteiger partial charge is 0.231 e. The number of carbonyl (C=O) groups excluding carboxylic acids is 1. The number of anilines is 2. The van der Waals surface area contributed by atoms with Gasteiger partial charge >= 0.3 is 0 Å². The Hall–Kier alpha value is -2.29. The fraction of sp³-hybridized carbons (Fsp3) is 0.350. The summed E-state index contributed by atoms with van der Waals surface area (Å²) < 4.78 is 0. The summed E-state index contributed by atoms with van der Waals surface area (Å²) >= 11 is 0. The molecule has 3 nitrogen and oxygen atoms in total. The second-order valence-corrected chi connectivity index (χ2v) is 6.07. The van der Waals surface area contributed by atoms with Crippen LogP contribution in [0.3, 0.4) is 0 Å². The van der Waals surface area contributed by atoms with Crippen molar-refractivity contribution in [2.24, 2.45) is 0 Å². The molecule has 1 atom stereocenters. The molecule has 3 rings (SSSR count). The molecular formula is C20H24N2O. The summed E-state index contributed by atoms with van der Waals surface area (Å²) in [6, 6.07) is 18.1. The van der Waals surface area contributed by atoms with Gasteiger partial charge in [-0.15, -0.1) is 0 Å². The highest BCUT2D eigenvalue weighted by molar-refractivity contribution is 5.98. The van der Waals surface area contributed by atoms with E-state index in [0.29, 0.717) is 0 Å². The van der Waals surface area contributed by atoms with Gasteiger partial charge in [0.25, 0.3) is 0 Å². The summed E-state index contributed by atoms with van der Waals surface area (Å²) in [5, 5.41) is 3.16. The van der Waals surface area contributed by atoms with Gasteiger partial charge in [-0.1, -0.05) is 49.4 Å². The fourth-order valence-corrected chi connectivity index (χ4v) is 3.29. The first-order valence-corrected chi connectivity index (χ1v) is 8.49. The average molecular weight is 308 g/mol. The third-order valence-corrected chi connectivity index (χ3v) is 4.54. The molecule has 23 heavy (non-hydrogen) atoms. The molecule has 0 aliphatic carbocycles. The zero-order valence-corrected chi connectivity index (χ0v) is 13.7. The standard InChI is InChI=1S/C20H24N2O/c1-2-17(16-10-4-3-5-11-16)20(23)21-18-12-6-7-13-19(18)22-14-8-9-15-22/h3-7,10-13,17H,2,8-9,14-15H2,1H3,(H,21,23)/t17-/m1/s1. The molecule has 0 radical (unpaired) electrons. The number of nitrogens with one attached hydrogen (secondary N) is 1. The predicted octanol–water partition coefficient (Wildman–Crippen LogP) is 4.42. The van der Waals surface area contributed by atoms with Crippen molar-refractivity contribution in [2.45, 2.75) is 32.1 Å². The zero-order valence-electron chi connectivity index (χ0n) is 13.7. The number of hydrogen-bond acceptors (Lipinski definition) is 2. The van der Waals surface area contributed by atoms with Gasteiger partial charge < -0.3 is 10.2 Å². The molecule has 1 N–H and O–H groups in total. The highest BCUT2D eigenvalue weighted by Crippen LogP contribution is 2.30. The summed E-state index contributed by atoms with van der Waals surface area (Å²) in [5.74, 6) is -0.0341. The van der Waals surface area contributed by atoms with E-state index in [1.807, 2.05) is 48.5 Å². The van der Waals surface area contributed by atoms with Crippen LogP contribution in [0.4, 0.5) is 11.4 Å². The molecule has 1 saturated heterocycles. The van der Waals surface area contributed by atoms with Gasteiger partial charge in [0.05, 0.1) is 17.3 Å². The monoisotopic (exact) mass is 308 g/mol. The lowest BCUT2D eigenvalue weighted by Gasteiger charge is -2.23. The van der Waals surface area contributed by atoms with Gasteiger partial charge in [0.15, 0.2) is 0 Å². The van der Waals surface area contributed by atoms with Gasteiger partial charge in [0, 0.05) is 13.1 Å². The molecule has 0 saturated carbocycles. The first-order chi connectivity index (χ1) is 11.3. The number of nitrogens with zero attached hydrogens (tertiary/aromatic N) is 1. The lowest BCUT2D eigenvalue weighted by Crippen LogP contribution is -2.24. The third kappa shape index (κ3) is 3.55. The van der Waals surface area contributed by atoms with Crippen molar-refractivity contribution >= 4 is 17.3 Å². The van der Waals surface area contributed by atoms with Crippen molar-refractivity contribution in [3.8, 4) is 0 Å². The molecule has 1 aliphatic rings. The number of para-hydroxylation sites is 2. The Balaban J connectivity index is 1.79. The van der Waals surface area contributed by atoms with E-state index in [4.69, 9.17) is 0 Å². The van der Waals surface area contributed by atoms with Crippen molar-refractivity contribution < 1.29 is 4.79 Å². The highest BCUT2D eigenvalue weighted by Gasteiger charge is 2.21. The van der Waals surface area contributed by atoms with Crippen LogP contribution in [-0.2, 0) is 4.79 Å². The normalized spacial score (nSPS) is 15.4. The second kappa shape index (κ2) is 7.32. The number of amides is 1. The van der Waals surface area contributed by atoms with Crippen LogP contribution in [0.2, 0.25) is 0 Å². The van der Waals surface area contributed by atoms with Crippen LogP contribution in [-0.4, -0.2) is 19.0 Å². The van der Waals surface area contributed by atoms with Crippen molar-refractivity contribution in [3.05, 3.63) is 60.2 Å². The Kier molecular flexibility index (Phi) is 4.96. The molecular weight excluding hydrogens is 284 g/mol. The van der Waals surface area contributed by atoms with Crippen LogP contribution >= 0.6 is 0 Å². The Morgan fingerprint density at radius 3 is 2.39 bits per heavy atom. The second-order valence-electron chi connectivity index (χ2n) is 6.07. The lowest BCUT2D eigenvalue weighted by atomic mass is 9.95. The number of rotatable bonds is 5. The molecule has 1 aliphatic heterocycles. The first-order valence-electron chi connectivity index (χ1n) is 8.49. The van der Waals surface area contributed by atoms with Gasteiger partial charge in [-0.25, -0.2) is 0 Å². The minimum atomic E-state index is -0.108. The van der Waals surface area contributed by atoms with Crippen LogP contribution in [0.1, 0.15) is 37.7 Å². The van der Waals surface area contributed by atoms with E-state index in [1.54, 1.807) is 0 Å². The van der Waals surface area contributed by atoms with Crippen LogP contribution in [0.5, 0.6) is 0 Å². The van der Waals surface area contributed by atoms with E-state index in [9.17, 15) is 4.79 Å². The van der Waals surface area contributed by atoms with Gasteiger partial charge in [-0.05, 0) is 37.0 Å². The van der Waals surface area contributed by atoms with Gasteiger partial charge in [-0.3, -0.25) is 4.79 Å². The number of benzene rings is 2. The maximum atomic E-state index is 12.8. The molecule has 0 unspecified atom stereocenters. The van der Waals surface area contributed by atoms with E-state index < -0.39 is 0 Å². The lowest BCUT2D eigenvalue weighted by molar-refractivity contribution is -0.117. The van der Waals surface area contributed by atoms with Crippen LogP contribution in [0, 0.1) is 0 Å². The zero-order chi connectivity index (χ0) is 16.1. The Morgan fingerprint density at radius 2 is 1.70 bits per heavy atom. The van der Waals surface area contributed by atoms with E-state index in [-0.39, 0.29) is 11.8 Å². The molecule has 0 spiro atoms. The molecule has 1 fully saturated rings. The predicted molar refractivity (Wildman–Crippen MR) is 96.0 cm³/mol. The Labute approximate surface area is 138 Å².